The van der Waals surface area contributed by atoms with Gasteiger partial charge in [0, 0.05) is 31.9 Å². The number of benzene rings is 1. The number of alkyl halides is 3. The molecule has 0 saturated carbocycles. The number of nitrogens with zero attached hydrogens (tertiary/aromatic N) is 4. The number of piperazine rings is 1. The van der Waals surface area contributed by atoms with Gasteiger partial charge in [-0.25, -0.2) is 0 Å². The van der Waals surface area contributed by atoms with Crippen LogP contribution in [0.2, 0.25) is 0 Å². The van der Waals surface area contributed by atoms with Crippen LogP contribution in [-0.4, -0.2) is 54.4 Å². The molecule has 1 fully saturated rings. The zero-order valence-corrected chi connectivity index (χ0v) is 18.0. The van der Waals surface area contributed by atoms with E-state index in [-0.39, 0.29) is 23.2 Å². The fraction of sp³-hybridized carbons (Fsp3) is 0.318. The number of furan rings is 1. The predicted octanol–water partition coefficient (Wildman–Crippen LogP) is 3.85. The van der Waals surface area contributed by atoms with Crippen LogP contribution in [0.1, 0.15) is 12.6 Å². The third kappa shape index (κ3) is 5.32. The molecule has 0 bridgehead atoms. The third-order valence-electron chi connectivity index (χ3n) is 5.33. The Morgan fingerprint density at radius 1 is 1.21 bits per heavy atom. The van der Waals surface area contributed by atoms with E-state index in [9.17, 15) is 23.2 Å². The Morgan fingerprint density at radius 3 is 2.50 bits per heavy atom. The van der Waals surface area contributed by atoms with Crippen LogP contribution in [-0.2, 0) is 4.79 Å². The van der Waals surface area contributed by atoms with Gasteiger partial charge in [-0.15, -0.1) is 13.2 Å². The van der Waals surface area contributed by atoms with Crippen LogP contribution in [0.4, 0.5) is 24.7 Å². The molecule has 3 heterocycles. The minimum atomic E-state index is -4.78. The monoisotopic (exact) mass is 475 g/mol. The lowest BCUT2D eigenvalue weighted by atomic mass is 10.2. The first-order valence-corrected chi connectivity index (χ1v) is 10.3. The van der Waals surface area contributed by atoms with Crippen molar-refractivity contribution < 1.29 is 31.5 Å². The molecule has 1 atom stereocenters. The van der Waals surface area contributed by atoms with Crippen LogP contribution in [0, 0.1) is 11.3 Å². The number of aromatic nitrogens is 1. The fourth-order valence-corrected chi connectivity index (χ4v) is 3.57. The maximum absolute atomic E-state index is 12.7. The Bertz CT molecular complexity index is 1160. The molecule has 34 heavy (non-hydrogen) atoms. The first-order chi connectivity index (χ1) is 16.2. The first kappa shape index (κ1) is 23.2. The van der Waals surface area contributed by atoms with Crippen molar-refractivity contribution in [1.29, 1.82) is 5.26 Å². The van der Waals surface area contributed by atoms with E-state index >= 15 is 0 Å². The van der Waals surface area contributed by atoms with E-state index in [1.54, 1.807) is 19.1 Å². The van der Waals surface area contributed by atoms with Gasteiger partial charge in [0.1, 0.15) is 11.8 Å². The smallest absolute Gasteiger partial charge is 0.459 e. The molecule has 1 aliphatic heterocycles. The molecule has 3 aromatic rings. The Morgan fingerprint density at radius 2 is 1.91 bits per heavy atom. The number of hydrogen-bond acceptors (Lipinski definition) is 8. The van der Waals surface area contributed by atoms with Crippen LogP contribution in [0.15, 0.2) is 51.5 Å². The SMILES string of the molecule is C[C@H](C(=O)Nc1ccc(OC(F)(F)F)cc1)N1CCN(c2oc(-c3ccco3)nc2C#N)CC1. The van der Waals surface area contributed by atoms with Crippen LogP contribution >= 0.6 is 0 Å². The number of anilines is 2. The summed E-state index contributed by atoms with van der Waals surface area (Å²) in [7, 11) is 0. The summed E-state index contributed by atoms with van der Waals surface area (Å²) in [5.74, 6) is 0.333. The minimum absolute atomic E-state index is 0.156. The molecule has 1 amide bonds. The average Bonchev–Trinajstić information content (AvgIpc) is 3.49. The molecule has 0 spiro atoms. The highest BCUT2D eigenvalue weighted by Crippen LogP contribution is 2.29. The molecule has 1 saturated heterocycles. The number of carbonyl (C=O) groups excluding carboxylic acids is 1. The molecule has 4 rings (SSSR count). The minimum Gasteiger partial charge on any atom is -0.459 e. The van der Waals surface area contributed by atoms with Gasteiger partial charge >= 0.3 is 6.36 Å². The second-order valence-electron chi connectivity index (χ2n) is 7.52. The van der Waals surface area contributed by atoms with E-state index in [0.29, 0.717) is 43.5 Å². The van der Waals surface area contributed by atoms with Gasteiger partial charge in [0.15, 0.2) is 5.76 Å². The third-order valence-corrected chi connectivity index (χ3v) is 5.33. The number of ether oxygens (including phenoxy) is 1. The summed E-state index contributed by atoms with van der Waals surface area (Å²) in [4.78, 5) is 20.7. The molecule has 0 radical (unpaired) electrons. The van der Waals surface area contributed by atoms with E-state index in [1.165, 1.54) is 18.4 Å². The number of hydrogen-bond donors (Lipinski definition) is 1. The number of oxazole rings is 1. The van der Waals surface area contributed by atoms with Crippen LogP contribution in [0.5, 0.6) is 5.75 Å². The Balaban J connectivity index is 1.33. The topological polar surface area (TPSA) is 108 Å². The molecular formula is C22H20F3N5O4. The largest absolute Gasteiger partial charge is 0.573 e. The number of nitrogens with one attached hydrogen (secondary N) is 1. The first-order valence-electron chi connectivity index (χ1n) is 10.3. The summed E-state index contributed by atoms with van der Waals surface area (Å²) in [5, 5.41) is 12.1. The van der Waals surface area contributed by atoms with Crippen LogP contribution in [0.3, 0.4) is 0 Å². The molecule has 0 unspecified atom stereocenters. The normalized spacial score (nSPS) is 15.6. The number of nitriles is 1. The van der Waals surface area contributed by atoms with Crippen molar-refractivity contribution in [3.8, 4) is 23.5 Å². The summed E-state index contributed by atoms with van der Waals surface area (Å²) in [5.41, 5.74) is 0.513. The number of carbonyl (C=O) groups is 1. The molecule has 12 heteroatoms. The Kier molecular flexibility index (Phi) is 6.47. The van der Waals surface area contributed by atoms with E-state index in [1.807, 2.05) is 15.9 Å². The standard InChI is InChI=1S/C22H20F3N5O4/c1-14(19(31)27-15-4-6-16(7-5-15)34-22(23,24)25)29-8-10-30(11-9-29)21-17(13-26)28-20(33-21)18-3-2-12-32-18/h2-7,12,14H,8-11H2,1H3,(H,27,31)/t14-/m1/s1. The molecule has 0 aliphatic carbocycles. The van der Waals surface area contributed by atoms with Crippen molar-refractivity contribution in [2.75, 3.05) is 36.4 Å². The lowest BCUT2D eigenvalue weighted by Gasteiger charge is -2.37. The Labute approximate surface area is 192 Å². The highest BCUT2D eigenvalue weighted by atomic mass is 19.4. The van der Waals surface area contributed by atoms with Gasteiger partial charge in [-0.05, 0) is 43.3 Å². The molecule has 178 valence electrons. The van der Waals surface area contributed by atoms with E-state index in [2.05, 4.69) is 15.0 Å². The highest BCUT2D eigenvalue weighted by molar-refractivity contribution is 5.94. The molecule has 1 N–H and O–H groups in total. The van der Waals surface area contributed by atoms with Crippen molar-refractivity contribution in [3.05, 3.63) is 48.4 Å². The second-order valence-corrected chi connectivity index (χ2v) is 7.52. The molecule has 9 nitrogen and oxygen atoms in total. The Hall–Kier alpha value is -3.98. The van der Waals surface area contributed by atoms with Crippen molar-refractivity contribution in [2.24, 2.45) is 0 Å². The van der Waals surface area contributed by atoms with E-state index in [0.717, 1.165) is 12.1 Å². The number of amides is 1. The summed E-state index contributed by atoms with van der Waals surface area (Å²) in [6.07, 6.45) is -3.29. The van der Waals surface area contributed by atoms with E-state index < -0.39 is 12.4 Å². The summed E-state index contributed by atoms with van der Waals surface area (Å²) in [6.45, 7) is 3.80. The van der Waals surface area contributed by atoms with Gasteiger partial charge in [0.25, 0.3) is 5.89 Å². The molecule has 1 aromatic carbocycles. The van der Waals surface area contributed by atoms with Crippen LogP contribution < -0.4 is 15.0 Å². The summed E-state index contributed by atoms with van der Waals surface area (Å²) < 4.78 is 51.7. The van der Waals surface area contributed by atoms with Gasteiger partial charge in [0.05, 0.1) is 12.3 Å². The second kappa shape index (κ2) is 9.48. The van der Waals surface area contributed by atoms with E-state index in [4.69, 9.17) is 8.83 Å². The van der Waals surface area contributed by atoms with Crippen molar-refractivity contribution in [2.45, 2.75) is 19.3 Å². The van der Waals surface area contributed by atoms with Gasteiger partial charge in [-0.3, -0.25) is 9.69 Å². The zero-order valence-electron chi connectivity index (χ0n) is 18.0. The zero-order chi connectivity index (χ0) is 24.3. The summed E-state index contributed by atoms with van der Waals surface area (Å²) in [6, 6.07) is 9.87. The number of rotatable bonds is 6. The maximum Gasteiger partial charge on any atom is 0.573 e. The van der Waals surface area contributed by atoms with Gasteiger partial charge in [0.2, 0.25) is 17.5 Å². The van der Waals surface area contributed by atoms with Crippen molar-refractivity contribution >= 4 is 17.5 Å². The summed E-state index contributed by atoms with van der Waals surface area (Å²) >= 11 is 0. The predicted molar refractivity (Wildman–Crippen MR) is 114 cm³/mol. The average molecular weight is 475 g/mol. The lowest BCUT2D eigenvalue weighted by Crippen LogP contribution is -2.52. The number of halogens is 3. The van der Waals surface area contributed by atoms with Gasteiger partial charge in [-0.1, -0.05) is 0 Å². The molecule has 2 aromatic heterocycles. The van der Waals surface area contributed by atoms with Gasteiger partial charge < -0.3 is 23.8 Å². The maximum atomic E-state index is 12.7. The lowest BCUT2D eigenvalue weighted by molar-refractivity contribution is -0.274. The van der Waals surface area contributed by atoms with Crippen molar-refractivity contribution in [3.63, 3.8) is 0 Å². The molecular weight excluding hydrogens is 455 g/mol. The van der Waals surface area contributed by atoms with Crippen molar-refractivity contribution in [1.82, 2.24) is 9.88 Å². The highest BCUT2D eigenvalue weighted by Gasteiger charge is 2.31. The van der Waals surface area contributed by atoms with Crippen LogP contribution in [0.25, 0.3) is 11.7 Å². The van der Waals surface area contributed by atoms with Gasteiger partial charge in [-0.2, -0.15) is 10.2 Å². The quantitative estimate of drug-likeness (QED) is 0.573. The molecule has 1 aliphatic rings. The fourth-order valence-electron chi connectivity index (χ4n) is 3.57.